The van der Waals surface area contributed by atoms with Gasteiger partial charge in [0.25, 0.3) is 0 Å². The molecule has 0 atom stereocenters. The highest BCUT2D eigenvalue weighted by Crippen LogP contribution is 2.20. The number of benzene rings is 1. The number of carbonyl (C=O) groups is 1. The van der Waals surface area contributed by atoms with Gasteiger partial charge in [-0.3, -0.25) is 0 Å². The number of hydrogen-bond acceptors (Lipinski definition) is 3. The molecular weight excluding hydrogens is 202 g/mol. The van der Waals surface area contributed by atoms with E-state index in [4.69, 9.17) is 4.74 Å². The summed E-state index contributed by atoms with van der Waals surface area (Å²) in [7, 11) is 0. The molecule has 0 amide bonds. The third-order valence-corrected chi connectivity index (χ3v) is 2.55. The van der Waals surface area contributed by atoms with Crippen molar-refractivity contribution in [1.82, 2.24) is 0 Å². The van der Waals surface area contributed by atoms with Gasteiger partial charge in [0.15, 0.2) is 5.70 Å². The minimum atomic E-state index is -0.349. The van der Waals surface area contributed by atoms with Crippen molar-refractivity contribution in [3.8, 4) is 0 Å². The zero-order valence-electron chi connectivity index (χ0n) is 9.36. The van der Waals surface area contributed by atoms with E-state index in [-0.39, 0.29) is 5.97 Å². The Bertz CT molecular complexity index is 472. The number of hydrogen-bond donors (Lipinski definition) is 0. The van der Waals surface area contributed by atoms with Crippen molar-refractivity contribution in [3.05, 3.63) is 47.2 Å². The van der Waals surface area contributed by atoms with Crippen LogP contribution in [-0.4, -0.2) is 11.9 Å². The zero-order valence-corrected chi connectivity index (χ0v) is 9.36. The molecule has 0 aliphatic carbocycles. The van der Waals surface area contributed by atoms with Gasteiger partial charge in [-0.05, 0) is 31.1 Å². The Balaban J connectivity index is 2.38. The molecule has 1 aliphatic rings. The lowest BCUT2D eigenvalue weighted by molar-refractivity contribution is -0.130. The third kappa shape index (κ3) is 1.89. The molecular formula is C13H13NO2. The van der Waals surface area contributed by atoms with Gasteiger partial charge < -0.3 is 4.74 Å². The van der Waals surface area contributed by atoms with Gasteiger partial charge in [0.05, 0.1) is 0 Å². The van der Waals surface area contributed by atoms with Crippen LogP contribution in [0.2, 0.25) is 0 Å². The lowest BCUT2D eigenvalue weighted by Crippen LogP contribution is -2.05. The maximum Gasteiger partial charge on any atom is 0.363 e. The van der Waals surface area contributed by atoms with Gasteiger partial charge in [-0.1, -0.05) is 25.1 Å². The highest BCUT2D eigenvalue weighted by atomic mass is 16.6. The predicted octanol–water partition coefficient (Wildman–Crippen LogP) is 2.67. The molecule has 0 fully saturated rings. The molecule has 0 unspecified atom stereocenters. The van der Waals surface area contributed by atoms with Crippen LogP contribution in [0.1, 0.15) is 25.8 Å². The largest absolute Gasteiger partial charge is 0.402 e. The van der Waals surface area contributed by atoms with E-state index in [9.17, 15) is 4.79 Å². The Morgan fingerprint density at radius 2 is 2.00 bits per heavy atom. The van der Waals surface area contributed by atoms with Crippen molar-refractivity contribution in [2.75, 3.05) is 0 Å². The maximum absolute atomic E-state index is 11.6. The van der Waals surface area contributed by atoms with E-state index in [0.29, 0.717) is 11.6 Å². The van der Waals surface area contributed by atoms with E-state index in [0.717, 1.165) is 17.6 Å². The second-order valence-corrected chi connectivity index (χ2v) is 3.65. The van der Waals surface area contributed by atoms with E-state index < -0.39 is 0 Å². The van der Waals surface area contributed by atoms with Crippen LogP contribution in [-0.2, 0) is 9.53 Å². The third-order valence-electron chi connectivity index (χ3n) is 2.55. The van der Waals surface area contributed by atoms with Crippen molar-refractivity contribution in [1.29, 1.82) is 0 Å². The summed E-state index contributed by atoms with van der Waals surface area (Å²) in [5, 5.41) is 0. The predicted molar refractivity (Wildman–Crippen MR) is 62.1 cm³/mol. The molecule has 0 bridgehead atoms. The number of cyclic esters (lactones) is 1. The number of carbonyl (C=O) groups excluding carboxylic acids is 1. The van der Waals surface area contributed by atoms with Gasteiger partial charge in [-0.2, -0.15) is 0 Å². The molecule has 2 rings (SSSR count). The molecule has 3 heteroatoms. The first-order valence-corrected chi connectivity index (χ1v) is 5.28. The van der Waals surface area contributed by atoms with Gasteiger partial charge >= 0.3 is 5.97 Å². The van der Waals surface area contributed by atoms with Crippen molar-refractivity contribution in [2.45, 2.75) is 20.3 Å². The van der Waals surface area contributed by atoms with Gasteiger partial charge in [0.1, 0.15) is 0 Å². The quantitative estimate of drug-likeness (QED) is 0.562. The fourth-order valence-corrected chi connectivity index (χ4v) is 1.45. The molecule has 1 heterocycles. The highest BCUT2D eigenvalue weighted by molar-refractivity contribution is 6.11. The van der Waals surface area contributed by atoms with Crippen molar-refractivity contribution in [2.24, 2.45) is 4.99 Å². The Hall–Kier alpha value is -1.90. The average Bonchev–Trinajstić information content (AvgIpc) is 2.71. The molecule has 16 heavy (non-hydrogen) atoms. The van der Waals surface area contributed by atoms with E-state index >= 15 is 0 Å². The standard InChI is InChI=1S/C13H13NO2/c1-3-9(2)11-13(15)16-12(14-11)10-7-5-4-6-8-10/h4-8H,3H2,1-2H3/b11-9+. The summed E-state index contributed by atoms with van der Waals surface area (Å²) in [6.45, 7) is 3.89. The number of allylic oxidation sites excluding steroid dienone is 1. The second-order valence-electron chi connectivity index (χ2n) is 3.65. The minimum absolute atomic E-state index is 0.349. The molecule has 0 aromatic heterocycles. The van der Waals surface area contributed by atoms with E-state index in [2.05, 4.69) is 4.99 Å². The van der Waals surface area contributed by atoms with E-state index in [1.165, 1.54) is 0 Å². The highest BCUT2D eigenvalue weighted by Gasteiger charge is 2.25. The fraction of sp³-hybridized carbons (Fsp3) is 0.231. The lowest BCUT2D eigenvalue weighted by Gasteiger charge is -1.97. The molecule has 0 N–H and O–H groups in total. The number of aliphatic imine (C=N–C) groups is 1. The van der Waals surface area contributed by atoms with Gasteiger partial charge in [-0.25, -0.2) is 9.79 Å². The van der Waals surface area contributed by atoms with Crippen LogP contribution >= 0.6 is 0 Å². The molecule has 3 nitrogen and oxygen atoms in total. The summed E-state index contributed by atoms with van der Waals surface area (Å²) < 4.78 is 5.14. The Morgan fingerprint density at radius 3 is 2.62 bits per heavy atom. The Kier molecular flexibility index (Phi) is 2.86. The van der Waals surface area contributed by atoms with Gasteiger partial charge in [0, 0.05) is 5.56 Å². The summed E-state index contributed by atoms with van der Waals surface area (Å²) in [5.74, 6) is 0.0478. The van der Waals surface area contributed by atoms with Gasteiger partial charge in [0.2, 0.25) is 5.90 Å². The molecule has 1 aromatic rings. The van der Waals surface area contributed by atoms with Crippen molar-refractivity contribution >= 4 is 11.9 Å². The van der Waals surface area contributed by atoms with Crippen LogP contribution in [0.4, 0.5) is 0 Å². The van der Waals surface area contributed by atoms with Gasteiger partial charge in [-0.15, -0.1) is 0 Å². The Labute approximate surface area is 94.5 Å². The van der Waals surface area contributed by atoms with Crippen LogP contribution in [0.5, 0.6) is 0 Å². The minimum Gasteiger partial charge on any atom is -0.402 e. The number of rotatable bonds is 2. The van der Waals surface area contributed by atoms with Crippen LogP contribution in [0.25, 0.3) is 0 Å². The molecule has 0 saturated carbocycles. The summed E-state index contributed by atoms with van der Waals surface area (Å²) in [4.78, 5) is 15.8. The van der Waals surface area contributed by atoms with Crippen molar-refractivity contribution in [3.63, 3.8) is 0 Å². The fourth-order valence-electron chi connectivity index (χ4n) is 1.45. The molecule has 0 spiro atoms. The Morgan fingerprint density at radius 1 is 1.31 bits per heavy atom. The molecule has 0 radical (unpaired) electrons. The average molecular weight is 215 g/mol. The normalized spacial score (nSPS) is 18.1. The zero-order chi connectivity index (χ0) is 11.5. The molecule has 82 valence electrons. The topological polar surface area (TPSA) is 38.7 Å². The van der Waals surface area contributed by atoms with Crippen LogP contribution in [0, 0.1) is 0 Å². The van der Waals surface area contributed by atoms with Crippen LogP contribution < -0.4 is 0 Å². The first-order valence-electron chi connectivity index (χ1n) is 5.28. The van der Waals surface area contributed by atoms with Crippen LogP contribution in [0.3, 0.4) is 0 Å². The summed E-state index contributed by atoms with van der Waals surface area (Å²) in [6.07, 6.45) is 0.802. The number of ether oxygens (including phenoxy) is 1. The second kappa shape index (κ2) is 4.31. The SMILES string of the molecule is CC/C(C)=C1/N=C(c2ccccc2)OC1=O. The van der Waals surface area contributed by atoms with E-state index in [1.807, 2.05) is 44.2 Å². The number of nitrogens with zero attached hydrogens (tertiary/aromatic N) is 1. The maximum atomic E-state index is 11.6. The van der Waals surface area contributed by atoms with Crippen molar-refractivity contribution < 1.29 is 9.53 Å². The van der Waals surface area contributed by atoms with Crippen LogP contribution in [0.15, 0.2) is 46.6 Å². The lowest BCUT2D eigenvalue weighted by atomic mass is 10.2. The summed E-state index contributed by atoms with van der Waals surface area (Å²) in [6, 6.07) is 9.43. The molecule has 0 saturated heterocycles. The monoisotopic (exact) mass is 215 g/mol. The molecule has 1 aromatic carbocycles. The summed E-state index contributed by atoms with van der Waals surface area (Å²) in [5.41, 5.74) is 2.23. The van der Waals surface area contributed by atoms with E-state index in [1.54, 1.807) is 0 Å². The first kappa shape index (κ1) is 10.6. The summed E-state index contributed by atoms with van der Waals surface area (Å²) >= 11 is 0. The molecule has 1 aliphatic heterocycles. The smallest absolute Gasteiger partial charge is 0.363 e. The first-order chi connectivity index (χ1) is 7.72. The number of esters is 1.